The Kier molecular flexibility index (Phi) is 4.96. The molecule has 1 aromatic carbocycles. The largest absolute Gasteiger partial charge is 0.355 e. The van der Waals surface area contributed by atoms with E-state index in [-0.39, 0.29) is 11.6 Å². The van der Waals surface area contributed by atoms with Crippen molar-refractivity contribution in [2.75, 3.05) is 12.8 Å². The van der Waals surface area contributed by atoms with Gasteiger partial charge in [-0.1, -0.05) is 6.92 Å². The van der Waals surface area contributed by atoms with Gasteiger partial charge in [-0.2, -0.15) is 0 Å². The number of nitrogens with one attached hydrogen (secondary N) is 1. The van der Waals surface area contributed by atoms with Crippen molar-refractivity contribution in [3.05, 3.63) is 33.9 Å². The number of benzene rings is 1. The van der Waals surface area contributed by atoms with Gasteiger partial charge in [0.25, 0.3) is 11.6 Å². The van der Waals surface area contributed by atoms with Crippen LogP contribution in [0.3, 0.4) is 0 Å². The minimum Gasteiger partial charge on any atom is -0.355 e. The van der Waals surface area contributed by atoms with E-state index in [0.717, 1.165) is 12.2 Å². The van der Waals surface area contributed by atoms with Gasteiger partial charge in [0.15, 0.2) is 0 Å². The minimum absolute atomic E-state index is 0.00968. The molecule has 5 nitrogen and oxygen atoms in total. The highest BCUT2D eigenvalue weighted by molar-refractivity contribution is 7.99. The van der Waals surface area contributed by atoms with Gasteiger partial charge in [-0.05, 0) is 24.3 Å². The van der Waals surface area contributed by atoms with Crippen molar-refractivity contribution >= 4 is 23.4 Å². The number of hydrogen-bond donors (Lipinski definition) is 1. The lowest BCUT2D eigenvalue weighted by molar-refractivity contribution is -0.387. The summed E-state index contributed by atoms with van der Waals surface area (Å²) in [4.78, 5) is 22.4. The first kappa shape index (κ1) is 13.5. The fraction of sp³-hybridized carbons (Fsp3) is 0.364. The molecule has 1 aromatic rings. The van der Waals surface area contributed by atoms with Crippen molar-refractivity contribution < 1.29 is 9.72 Å². The Bertz CT molecular complexity index is 435. The standard InChI is InChI=1S/C11H14N2O3S/c1-3-6-17-10-5-4-8(11(14)12-2)7-9(10)13(15)16/h4-5,7H,3,6H2,1-2H3,(H,12,14). The third-order valence-corrected chi connectivity index (χ3v) is 3.38. The van der Waals surface area contributed by atoms with E-state index in [0.29, 0.717) is 10.5 Å². The summed E-state index contributed by atoms with van der Waals surface area (Å²) in [6.45, 7) is 2.01. The van der Waals surface area contributed by atoms with E-state index in [1.807, 2.05) is 6.92 Å². The Morgan fingerprint density at radius 2 is 2.24 bits per heavy atom. The zero-order valence-corrected chi connectivity index (χ0v) is 10.5. The fourth-order valence-corrected chi connectivity index (χ4v) is 2.15. The van der Waals surface area contributed by atoms with E-state index in [1.54, 1.807) is 12.1 Å². The third-order valence-electron chi connectivity index (χ3n) is 2.11. The summed E-state index contributed by atoms with van der Waals surface area (Å²) in [6.07, 6.45) is 0.943. The number of rotatable bonds is 5. The Hall–Kier alpha value is -1.56. The minimum atomic E-state index is -0.454. The first-order chi connectivity index (χ1) is 8.10. The van der Waals surface area contributed by atoms with Crippen LogP contribution in [0.25, 0.3) is 0 Å². The Balaban J connectivity index is 3.08. The highest BCUT2D eigenvalue weighted by Gasteiger charge is 2.16. The first-order valence-electron chi connectivity index (χ1n) is 5.23. The molecule has 0 aliphatic heterocycles. The molecule has 17 heavy (non-hydrogen) atoms. The molecule has 1 amide bonds. The van der Waals surface area contributed by atoms with E-state index in [2.05, 4.69) is 5.32 Å². The zero-order chi connectivity index (χ0) is 12.8. The lowest BCUT2D eigenvalue weighted by Crippen LogP contribution is -2.17. The van der Waals surface area contributed by atoms with Gasteiger partial charge >= 0.3 is 0 Å². The summed E-state index contributed by atoms with van der Waals surface area (Å²) in [5.41, 5.74) is 0.296. The van der Waals surface area contributed by atoms with E-state index in [1.165, 1.54) is 24.9 Å². The molecule has 0 fully saturated rings. The zero-order valence-electron chi connectivity index (χ0n) is 9.73. The van der Waals surface area contributed by atoms with Crippen molar-refractivity contribution in [2.45, 2.75) is 18.2 Å². The smallest absolute Gasteiger partial charge is 0.283 e. The fourth-order valence-electron chi connectivity index (χ4n) is 1.28. The molecule has 0 saturated carbocycles. The molecule has 0 aliphatic carbocycles. The van der Waals surface area contributed by atoms with Gasteiger partial charge in [0, 0.05) is 18.7 Å². The lowest BCUT2D eigenvalue weighted by Gasteiger charge is -2.04. The number of carbonyl (C=O) groups excluding carboxylic acids is 1. The first-order valence-corrected chi connectivity index (χ1v) is 6.22. The Morgan fingerprint density at radius 3 is 2.76 bits per heavy atom. The van der Waals surface area contributed by atoms with Crippen LogP contribution in [-0.2, 0) is 0 Å². The topological polar surface area (TPSA) is 72.2 Å². The summed E-state index contributed by atoms with van der Waals surface area (Å²) in [7, 11) is 1.49. The number of nitro benzene ring substituents is 1. The number of hydrogen-bond acceptors (Lipinski definition) is 4. The number of nitro groups is 1. The summed E-state index contributed by atoms with van der Waals surface area (Å²) < 4.78 is 0. The number of nitrogens with zero attached hydrogens (tertiary/aromatic N) is 1. The van der Waals surface area contributed by atoms with E-state index in [9.17, 15) is 14.9 Å². The SMILES string of the molecule is CCCSc1ccc(C(=O)NC)cc1[N+](=O)[O-]. The summed E-state index contributed by atoms with van der Waals surface area (Å²) in [6, 6.07) is 4.55. The maximum Gasteiger partial charge on any atom is 0.283 e. The molecule has 1 rings (SSSR count). The van der Waals surface area contributed by atoms with Crippen LogP contribution in [0.4, 0.5) is 5.69 Å². The molecular formula is C11H14N2O3S. The average Bonchev–Trinajstić information content (AvgIpc) is 2.35. The van der Waals surface area contributed by atoms with Crippen LogP contribution in [0.5, 0.6) is 0 Å². The number of amides is 1. The monoisotopic (exact) mass is 254 g/mol. The summed E-state index contributed by atoms with van der Waals surface area (Å²) >= 11 is 1.43. The maximum atomic E-state index is 11.4. The number of carbonyl (C=O) groups is 1. The van der Waals surface area contributed by atoms with Crippen molar-refractivity contribution in [1.29, 1.82) is 0 Å². The lowest BCUT2D eigenvalue weighted by atomic mass is 10.2. The average molecular weight is 254 g/mol. The molecule has 0 aliphatic rings. The molecule has 1 N–H and O–H groups in total. The van der Waals surface area contributed by atoms with Crippen LogP contribution < -0.4 is 5.32 Å². The van der Waals surface area contributed by atoms with E-state index < -0.39 is 4.92 Å². The van der Waals surface area contributed by atoms with Gasteiger partial charge in [-0.25, -0.2) is 0 Å². The van der Waals surface area contributed by atoms with Gasteiger partial charge in [-0.15, -0.1) is 11.8 Å². The van der Waals surface area contributed by atoms with Crippen molar-refractivity contribution in [3.63, 3.8) is 0 Å². The second-order valence-corrected chi connectivity index (χ2v) is 4.50. The molecule has 0 saturated heterocycles. The van der Waals surface area contributed by atoms with Gasteiger partial charge in [-0.3, -0.25) is 14.9 Å². The molecular weight excluding hydrogens is 240 g/mol. The predicted octanol–water partition coefficient (Wildman–Crippen LogP) is 2.46. The number of thioether (sulfide) groups is 1. The molecule has 0 spiro atoms. The van der Waals surface area contributed by atoms with Gasteiger partial charge in [0.2, 0.25) is 0 Å². The van der Waals surface area contributed by atoms with Gasteiger partial charge in [0.05, 0.1) is 9.82 Å². The highest BCUT2D eigenvalue weighted by Crippen LogP contribution is 2.30. The van der Waals surface area contributed by atoms with Crippen LogP contribution in [0.1, 0.15) is 23.7 Å². The maximum absolute atomic E-state index is 11.4. The van der Waals surface area contributed by atoms with Crippen LogP contribution in [-0.4, -0.2) is 23.6 Å². The predicted molar refractivity (Wildman–Crippen MR) is 67.5 cm³/mol. The summed E-state index contributed by atoms with van der Waals surface area (Å²) in [5.74, 6) is 0.500. The van der Waals surface area contributed by atoms with Crippen molar-refractivity contribution in [2.24, 2.45) is 0 Å². The van der Waals surface area contributed by atoms with Gasteiger partial charge in [0.1, 0.15) is 0 Å². The van der Waals surface area contributed by atoms with Crippen molar-refractivity contribution in [3.8, 4) is 0 Å². The molecule has 0 heterocycles. The second-order valence-electron chi connectivity index (χ2n) is 3.37. The molecule has 0 unspecified atom stereocenters. The molecule has 0 bridgehead atoms. The van der Waals surface area contributed by atoms with Crippen molar-refractivity contribution in [1.82, 2.24) is 5.32 Å². The van der Waals surface area contributed by atoms with E-state index >= 15 is 0 Å². The second kappa shape index (κ2) is 6.24. The van der Waals surface area contributed by atoms with Crippen LogP contribution in [0.2, 0.25) is 0 Å². The van der Waals surface area contributed by atoms with E-state index in [4.69, 9.17) is 0 Å². The molecule has 0 radical (unpaired) electrons. The van der Waals surface area contributed by atoms with Crippen LogP contribution in [0, 0.1) is 10.1 Å². The quantitative estimate of drug-likeness (QED) is 0.497. The molecule has 6 heteroatoms. The van der Waals surface area contributed by atoms with Crippen LogP contribution in [0.15, 0.2) is 23.1 Å². The molecule has 92 valence electrons. The molecule has 0 aromatic heterocycles. The molecule has 0 atom stereocenters. The summed E-state index contributed by atoms with van der Waals surface area (Å²) in [5, 5.41) is 13.4. The van der Waals surface area contributed by atoms with Gasteiger partial charge < -0.3 is 5.32 Å². The highest BCUT2D eigenvalue weighted by atomic mass is 32.2. The Labute approximate surface area is 104 Å². The Morgan fingerprint density at radius 1 is 1.53 bits per heavy atom. The van der Waals surface area contributed by atoms with Crippen LogP contribution >= 0.6 is 11.8 Å². The third kappa shape index (κ3) is 3.45. The normalized spacial score (nSPS) is 10.0.